The molecule has 3 heteroatoms. The van der Waals surface area contributed by atoms with Crippen LogP contribution >= 0.6 is 0 Å². The predicted octanol–water partition coefficient (Wildman–Crippen LogP) is 2.25. The Morgan fingerprint density at radius 1 is 1.21 bits per heavy atom. The fourth-order valence-electron chi connectivity index (χ4n) is 1.15. The maximum absolute atomic E-state index is 4.17. The van der Waals surface area contributed by atoms with Gasteiger partial charge in [-0.3, -0.25) is 4.98 Å². The number of aryl methyl sites for hydroxylation is 1. The van der Waals surface area contributed by atoms with E-state index in [2.05, 4.69) is 16.0 Å². The van der Waals surface area contributed by atoms with Gasteiger partial charge in [0.25, 0.3) is 0 Å². The van der Waals surface area contributed by atoms with Gasteiger partial charge < -0.3 is 0 Å². The number of hydrogen-bond donors (Lipinski definition) is 0. The fourth-order valence-corrected chi connectivity index (χ4v) is 1.15. The minimum atomic E-state index is 0. The molecule has 0 unspecified atom stereocenters. The monoisotopic (exact) mass is 362 g/mol. The summed E-state index contributed by atoms with van der Waals surface area (Å²) in [5.74, 6) is 0. The molecule has 0 N–H and O–H groups in total. The van der Waals surface area contributed by atoms with E-state index < -0.39 is 0 Å². The van der Waals surface area contributed by atoms with Crippen LogP contribution < -0.4 is 0 Å². The van der Waals surface area contributed by atoms with Crippen LogP contribution in [0.15, 0.2) is 36.7 Å². The molecule has 1 heterocycles. The summed E-state index contributed by atoms with van der Waals surface area (Å²) in [6.07, 6.45) is 1.57. The van der Waals surface area contributed by atoms with Crippen molar-refractivity contribution >= 4 is 0 Å². The molecule has 73 valence electrons. The van der Waals surface area contributed by atoms with E-state index in [0.717, 1.165) is 17.0 Å². The van der Waals surface area contributed by atoms with Crippen LogP contribution in [-0.4, -0.2) is 9.97 Å². The minimum Gasteiger partial charge on any atom is -0.286 e. The zero-order chi connectivity index (χ0) is 9.10. The summed E-state index contributed by atoms with van der Waals surface area (Å²) in [5.41, 5.74) is 2.91. The van der Waals surface area contributed by atoms with Gasteiger partial charge in [-0.1, -0.05) is 6.07 Å². The summed E-state index contributed by atoms with van der Waals surface area (Å²) in [5, 5.41) is 0. The van der Waals surface area contributed by atoms with E-state index in [0.29, 0.717) is 0 Å². The van der Waals surface area contributed by atoms with E-state index in [-0.39, 0.29) is 20.1 Å². The Bertz CT molecular complexity index is 401. The molecule has 0 aliphatic rings. The molecule has 1 radical (unpaired) electrons. The van der Waals surface area contributed by atoms with Crippen molar-refractivity contribution in [3.05, 3.63) is 48.4 Å². The number of benzene rings is 1. The van der Waals surface area contributed by atoms with Crippen LogP contribution in [0.5, 0.6) is 0 Å². The Hall–Kier alpha value is -1.05. The summed E-state index contributed by atoms with van der Waals surface area (Å²) in [7, 11) is 0. The van der Waals surface area contributed by atoms with Gasteiger partial charge in [0, 0.05) is 25.8 Å². The van der Waals surface area contributed by atoms with Gasteiger partial charge in [0.05, 0.1) is 0 Å². The average Bonchev–Trinajstić information content (AvgIpc) is 2.19. The van der Waals surface area contributed by atoms with Crippen molar-refractivity contribution in [1.82, 2.24) is 9.97 Å². The van der Waals surface area contributed by atoms with Gasteiger partial charge in [-0.25, -0.2) is 4.98 Å². The van der Waals surface area contributed by atoms with Crippen molar-refractivity contribution in [1.29, 1.82) is 0 Å². The molecule has 0 bridgehead atoms. The summed E-state index contributed by atoms with van der Waals surface area (Å²) >= 11 is 0. The third-order valence-electron chi connectivity index (χ3n) is 1.79. The molecule has 0 saturated heterocycles. The first kappa shape index (κ1) is 11.0. The van der Waals surface area contributed by atoms with Crippen LogP contribution in [0.25, 0.3) is 11.3 Å². The van der Waals surface area contributed by atoms with Crippen molar-refractivity contribution in [2.24, 2.45) is 0 Å². The Kier molecular flexibility index (Phi) is 3.93. The molecule has 0 saturated carbocycles. The van der Waals surface area contributed by atoms with E-state index in [1.807, 2.05) is 37.3 Å². The molecule has 0 spiro atoms. The van der Waals surface area contributed by atoms with Gasteiger partial charge in [-0.05, 0) is 12.6 Å². The second-order valence-corrected chi connectivity index (χ2v) is 2.82. The van der Waals surface area contributed by atoms with Crippen LogP contribution in [0, 0.1) is 13.0 Å². The van der Waals surface area contributed by atoms with Crippen LogP contribution in [0.4, 0.5) is 0 Å². The maximum atomic E-state index is 4.17. The standard InChI is InChI=1S/C11H9N2.Ir/c1-9-7-11(13-8-12-9)10-5-3-2-4-6-10;/h2-5,7-8H,1H3;/q-1;. The smallest absolute Gasteiger partial charge is 0.105 e. The molecule has 2 rings (SSSR count). The number of aromatic nitrogens is 2. The van der Waals surface area contributed by atoms with Crippen molar-refractivity contribution in [2.75, 3.05) is 0 Å². The minimum absolute atomic E-state index is 0. The summed E-state index contributed by atoms with van der Waals surface area (Å²) in [6.45, 7) is 1.95. The molecule has 0 aliphatic carbocycles. The molecular weight excluding hydrogens is 352 g/mol. The second-order valence-electron chi connectivity index (χ2n) is 2.82. The maximum Gasteiger partial charge on any atom is 0.105 e. The van der Waals surface area contributed by atoms with Crippen LogP contribution in [0.2, 0.25) is 0 Å². The Morgan fingerprint density at radius 2 is 2.07 bits per heavy atom. The summed E-state index contributed by atoms with van der Waals surface area (Å²) in [6, 6.07) is 12.9. The molecule has 0 amide bonds. The van der Waals surface area contributed by atoms with E-state index in [1.54, 1.807) is 6.33 Å². The molecular formula is C11H9IrN2-. The third-order valence-corrected chi connectivity index (χ3v) is 1.79. The Morgan fingerprint density at radius 3 is 2.71 bits per heavy atom. The second kappa shape index (κ2) is 4.99. The molecule has 0 atom stereocenters. The van der Waals surface area contributed by atoms with E-state index >= 15 is 0 Å². The van der Waals surface area contributed by atoms with Gasteiger partial charge in [0.15, 0.2) is 0 Å². The normalized spacial score (nSPS) is 9.21. The van der Waals surface area contributed by atoms with Gasteiger partial charge >= 0.3 is 0 Å². The largest absolute Gasteiger partial charge is 0.286 e. The first-order chi connectivity index (χ1) is 6.36. The molecule has 0 aliphatic heterocycles. The molecule has 2 aromatic rings. The van der Waals surface area contributed by atoms with Gasteiger partial charge in [-0.2, -0.15) is 0 Å². The number of nitrogens with zero attached hydrogens (tertiary/aromatic N) is 2. The zero-order valence-corrected chi connectivity index (χ0v) is 10.1. The Labute approximate surface area is 96.8 Å². The number of hydrogen-bond acceptors (Lipinski definition) is 2. The quantitative estimate of drug-likeness (QED) is 0.728. The average molecular weight is 361 g/mol. The van der Waals surface area contributed by atoms with E-state index in [9.17, 15) is 0 Å². The first-order valence-electron chi connectivity index (χ1n) is 4.12. The van der Waals surface area contributed by atoms with Gasteiger partial charge in [0.1, 0.15) is 6.33 Å². The summed E-state index contributed by atoms with van der Waals surface area (Å²) < 4.78 is 0. The van der Waals surface area contributed by atoms with Crippen molar-refractivity contribution < 1.29 is 20.1 Å². The van der Waals surface area contributed by atoms with Crippen LogP contribution in [0.1, 0.15) is 5.69 Å². The molecule has 2 nitrogen and oxygen atoms in total. The molecule has 1 aromatic carbocycles. The van der Waals surface area contributed by atoms with Crippen molar-refractivity contribution in [2.45, 2.75) is 6.92 Å². The fraction of sp³-hybridized carbons (Fsp3) is 0.0909. The zero-order valence-electron chi connectivity index (χ0n) is 7.69. The van der Waals surface area contributed by atoms with Crippen LogP contribution in [-0.2, 0) is 20.1 Å². The SMILES string of the molecule is Cc1cc(-c2[c-]cccc2)ncn1.[Ir]. The Balaban J connectivity index is 0.000000980. The van der Waals surface area contributed by atoms with Crippen LogP contribution in [0.3, 0.4) is 0 Å². The molecule has 1 aromatic heterocycles. The predicted molar refractivity (Wildman–Crippen MR) is 51.0 cm³/mol. The van der Waals surface area contributed by atoms with Crippen molar-refractivity contribution in [3.8, 4) is 11.3 Å². The third kappa shape index (κ3) is 2.47. The van der Waals surface area contributed by atoms with Crippen molar-refractivity contribution in [3.63, 3.8) is 0 Å². The van der Waals surface area contributed by atoms with E-state index in [1.165, 1.54) is 0 Å². The first-order valence-corrected chi connectivity index (χ1v) is 4.12. The molecule has 0 fully saturated rings. The molecule has 14 heavy (non-hydrogen) atoms. The summed E-state index contributed by atoms with van der Waals surface area (Å²) in [4.78, 5) is 8.21. The van der Waals surface area contributed by atoms with E-state index in [4.69, 9.17) is 0 Å². The van der Waals surface area contributed by atoms with Gasteiger partial charge in [0.2, 0.25) is 0 Å². The topological polar surface area (TPSA) is 25.8 Å². The van der Waals surface area contributed by atoms with Gasteiger partial charge in [-0.15, -0.1) is 35.9 Å². The number of rotatable bonds is 1.